The number of nitrogens with one attached hydrogen (secondary N) is 2. The average Bonchev–Trinajstić information content (AvgIpc) is 2.98. The zero-order chi connectivity index (χ0) is 14.7. The normalized spacial score (nSPS) is 22.0. The molecule has 0 radical (unpaired) electrons. The molecule has 1 fully saturated rings. The molecule has 2 aromatic rings. The first-order chi connectivity index (χ1) is 10.2. The molecule has 3 heterocycles. The molecule has 0 aromatic carbocycles. The highest BCUT2D eigenvalue weighted by Crippen LogP contribution is 2.24. The highest BCUT2D eigenvalue weighted by molar-refractivity contribution is 7.16. The molecule has 6 heteroatoms. The Labute approximate surface area is 127 Å². The fourth-order valence-corrected chi connectivity index (χ4v) is 3.35. The number of piperidine rings is 1. The van der Waals surface area contributed by atoms with Gasteiger partial charge in [0.05, 0.1) is 6.20 Å². The lowest BCUT2D eigenvalue weighted by molar-refractivity contribution is 0.0929. The Morgan fingerprint density at radius 1 is 1.43 bits per heavy atom. The smallest absolute Gasteiger partial charge is 0.263 e. The number of aromatic nitrogens is 2. The van der Waals surface area contributed by atoms with Gasteiger partial charge < -0.3 is 10.6 Å². The third-order valence-electron chi connectivity index (χ3n) is 3.62. The number of thiazole rings is 1. The van der Waals surface area contributed by atoms with Crippen LogP contribution in [0.15, 0.2) is 30.7 Å². The summed E-state index contributed by atoms with van der Waals surface area (Å²) in [6, 6.07) is 4.50. The van der Waals surface area contributed by atoms with Crippen LogP contribution in [-0.2, 0) is 0 Å². The second kappa shape index (κ2) is 6.32. The number of carbonyl (C=O) groups excluding carboxylic acids is 1. The lowest BCUT2D eigenvalue weighted by Gasteiger charge is -2.28. The fourth-order valence-electron chi connectivity index (χ4n) is 2.53. The van der Waals surface area contributed by atoms with Crippen molar-refractivity contribution in [2.75, 3.05) is 6.54 Å². The number of amides is 1. The molecule has 1 saturated heterocycles. The summed E-state index contributed by atoms with van der Waals surface area (Å²) < 4.78 is 0. The molecule has 5 nitrogen and oxygen atoms in total. The van der Waals surface area contributed by atoms with E-state index in [1.54, 1.807) is 18.6 Å². The van der Waals surface area contributed by atoms with E-state index in [9.17, 15) is 4.79 Å². The van der Waals surface area contributed by atoms with E-state index in [0.717, 1.165) is 30.0 Å². The van der Waals surface area contributed by atoms with E-state index < -0.39 is 0 Å². The van der Waals surface area contributed by atoms with Crippen molar-refractivity contribution in [2.24, 2.45) is 0 Å². The van der Waals surface area contributed by atoms with Crippen LogP contribution in [0.5, 0.6) is 0 Å². The Morgan fingerprint density at radius 3 is 3.00 bits per heavy atom. The van der Waals surface area contributed by atoms with Gasteiger partial charge in [-0.2, -0.15) is 0 Å². The molecule has 0 bridgehead atoms. The molecule has 2 unspecified atom stereocenters. The van der Waals surface area contributed by atoms with Crippen LogP contribution in [0.4, 0.5) is 0 Å². The first kappa shape index (κ1) is 14.2. The average molecular weight is 302 g/mol. The van der Waals surface area contributed by atoms with Crippen LogP contribution < -0.4 is 10.6 Å². The van der Waals surface area contributed by atoms with Crippen LogP contribution in [0, 0.1) is 0 Å². The van der Waals surface area contributed by atoms with Gasteiger partial charge in [0.1, 0.15) is 9.88 Å². The van der Waals surface area contributed by atoms with Gasteiger partial charge in [0.2, 0.25) is 0 Å². The molecule has 1 aliphatic heterocycles. The largest absolute Gasteiger partial charge is 0.348 e. The molecule has 2 aromatic heterocycles. The van der Waals surface area contributed by atoms with Crippen molar-refractivity contribution in [2.45, 2.75) is 31.8 Å². The lowest BCUT2D eigenvalue weighted by Crippen LogP contribution is -2.46. The highest BCUT2D eigenvalue weighted by atomic mass is 32.1. The molecule has 1 aliphatic rings. The van der Waals surface area contributed by atoms with Gasteiger partial charge in [-0.05, 0) is 38.4 Å². The number of hydrogen-bond donors (Lipinski definition) is 2. The topological polar surface area (TPSA) is 66.9 Å². The van der Waals surface area contributed by atoms with Crippen molar-refractivity contribution in [1.82, 2.24) is 20.6 Å². The van der Waals surface area contributed by atoms with Crippen molar-refractivity contribution in [3.8, 4) is 10.6 Å². The summed E-state index contributed by atoms with van der Waals surface area (Å²) in [5, 5.41) is 7.34. The zero-order valence-corrected chi connectivity index (χ0v) is 12.7. The minimum atomic E-state index is -0.0214. The maximum Gasteiger partial charge on any atom is 0.263 e. The van der Waals surface area contributed by atoms with Crippen molar-refractivity contribution in [3.63, 3.8) is 0 Å². The zero-order valence-electron chi connectivity index (χ0n) is 11.9. The van der Waals surface area contributed by atoms with E-state index in [1.165, 1.54) is 11.3 Å². The standard InChI is InChI=1S/C15H18N4OS/c1-10-8-12(4-7-17-10)19-14(20)13-9-18-15(21-13)11-2-5-16-6-3-11/h2-3,5-6,9-10,12,17H,4,7-8H2,1H3,(H,19,20). The third-order valence-corrected chi connectivity index (χ3v) is 4.66. The predicted octanol–water partition coefficient (Wildman–Crippen LogP) is 2.08. The summed E-state index contributed by atoms with van der Waals surface area (Å²) >= 11 is 1.42. The molecule has 21 heavy (non-hydrogen) atoms. The minimum Gasteiger partial charge on any atom is -0.348 e. The maximum absolute atomic E-state index is 12.3. The van der Waals surface area contributed by atoms with Crippen molar-refractivity contribution < 1.29 is 4.79 Å². The van der Waals surface area contributed by atoms with Gasteiger partial charge >= 0.3 is 0 Å². The van der Waals surface area contributed by atoms with Gasteiger partial charge in [-0.15, -0.1) is 11.3 Å². The highest BCUT2D eigenvalue weighted by Gasteiger charge is 2.21. The maximum atomic E-state index is 12.3. The summed E-state index contributed by atoms with van der Waals surface area (Å²) in [5.74, 6) is -0.0214. The van der Waals surface area contributed by atoms with E-state index in [-0.39, 0.29) is 11.9 Å². The van der Waals surface area contributed by atoms with Gasteiger partial charge in [0, 0.05) is 30.0 Å². The van der Waals surface area contributed by atoms with Gasteiger partial charge in [-0.25, -0.2) is 4.98 Å². The minimum absolute atomic E-state index is 0.0214. The van der Waals surface area contributed by atoms with Crippen molar-refractivity contribution >= 4 is 17.2 Å². The van der Waals surface area contributed by atoms with Crippen LogP contribution in [0.3, 0.4) is 0 Å². The number of rotatable bonds is 3. The molecule has 2 N–H and O–H groups in total. The molecule has 0 aliphatic carbocycles. The third kappa shape index (κ3) is 3.46. The van der Waals surface area contributed by atoms with Gasteiger partial charge in [-0.3, -0.25) is 9.78 Å². The first-order valence-electron chi connectivity index (χ1n) is 7.13. The molecule has 0 spiro atoms. The van der Waals surface area contributed by atoms with E-state index in [1.807, 2.05) is 12.1 Å². The van der Waals surface area contributed by atoms with E-state index in [2.05, 4.69) is 27.5 Å². The lowest BCUT2D eigenvalue weighted by atomic mass is 10.0. The summed E-state index contributed by atoms with van der Waals surface area (Å²) in [5.41, 5.74) is 0.990. The quantitative estimate of drug-likeness (QED) is 0.911. The molecule has 1 amide bonds. The number of pyridine rings is 1. The van der Waals surface area contributed by atoms with Gasteiger partial charge in [0.25, 0.3) is 5.91 Å². The Bertz CT molecular complexity index is 613. The molecule has 2 atom stereocenters. The fraction of sp³-hybridized carbons (Fsp3) is 0.400. The first-order valence-corrected chi connectivity index (χ1v) is 7.94. The molecule has 0 saturated carbocycles. The summed E-state index contributed by atoms with van der Waals surface area (Å²) in [7, 11) is 0. The molecule has 110 valence electrons. The number of hydrogen-bond acceptors (Lipinski definition) is 5. The van der Waals surface area contributed by atoms with Crippen molar-refractivity contribution in [1.29, 1.82) is 0 Å². The van der Waals surface area contributed by atoms with E-state index in [0.29, 0.717) is 10.9 Å². The second-order valence-corrected chi connectivity index (χ2v) is 6.35. The van der Waals surface area contributed by atoms with Crippen LogP contribution in [0.1, 0.15) is 29.4 Å². The molecule has 3 rings (SSSR count). The van der Waals surface area contributed by atoms with E-state index >= 15 is 0 Å². The number of carbonyl (C=O) groups is 1. The molecular weight excluding hydrogens is 284 g/mol. The van der Waals surface area contributed by atoms with Crippen LogP contribution in [-0.4, -0.2) is 34.5 Å². The monoisotopic (exact) mass is 302 g/mol. The molecular formula is C15H18N4OS. The second-order valence-electron chi connectivity index (χ2n) is 5.32. The SMILES string of the molecule is CC1CC(NC(=O)c2cnc(-c3ccncc3)s2)CCN1. The summed E-state index contributed by atoms with van der Waals surface area (Å²) in [6.07, 6.45) is 7.06. The van der Waals surface area contributed by atoms with Crippen LogP contribution in [0.2, 0.25) is 0 Å². The number of nitrogens with zero attached hydrogens (tertiary/aromatic N) is 2. The Kier molecular flexibility index (Phi) is 4.26. The van der Waals surface area contributed by atoms with Gasteiger partial charge in [0.15, 0.2) is 0 Å². The Morgan fingerprint density at radius 2 is 2.24 bits per heavy atom. The summed E-state index contributed by atoms with van der Waals surface area (Å²) in [4.78, 5) is 21.3. The Balaban J connectivity index is 1.67. The summed E-state index contributed by atoms with van der Waals surface area (Å²) in [6.45, 7) is 3.10. The van der Waals surface area contributed by atoms with Crippen LogP contribution in [0.25, 0.3) is 10.6 Å². The predicted molar refractivity (Wildman–Crippen MR) is 83.3 cm³/mol. The van der Waals surface area contributed by atoms with Gasteiger partial charge in [-0.1, -0.05) is 0 Å². The van der Waals surface area contributed by atoms with Crippen molar-refractivity contribution in [3.05, 3.63) is 35.6 Å². The van der Waals surface area contributed by atoms with E-state index in [4.69, 9.17) is 0 Å². The Hall–Kier alpha value is -1.79. The van der Waals surface area contributed by atoms with Crippen LogP contribution >= 0.6 is 11.3 Å².